The van der Waals surface area contributed by atoms with E-state index in [-0.39, 0.29) is 23.9 Å². The van der Waals surface area contributed by atoms with Gasteiger partial charge in [-0.2, -0.15) is 0 Å². The number of carboxylic acids is 1. The van der Waals surface area contributed by atoms with E-state index in [4.69, 9.17) is 9.52 Å². The summed E-state index contributed by atoms with van der Waals surface area (Å²) in [4.78, 5) is 25.0. The van der Waals surface area contributed by atoms with Gasteiger partial charge in [0.15, 0.2) is 0 Å². The van der Waals surface area contributed by atoms with E-state index in [1.165, 1.54) is 6.07 Å². The van der Waals surface area contributed by atoms with Gasteiger partial charge in [-0.3, -0.25) is 4.79 Å². The zero-order valence-electron chi connectivity index (χ0n) is 11.9. The average molecular weight is 287 g/mol. The van der Waals surface area contributed by atoms with Gasteiger partial charge < -0.3 is 14.4 Å². The molecule has 0 fully saturated rings. The smallest absolute Gasteiger partial charge is 0.335 e. The summed E-state index contributed by atoms with van der Waals surface area (Å²) in [6, 6.07) is 9.90. The van der Waals surface area contributed by atoms with E-state index in [1.807, 2.05) is 6.92 Å². The number of carboxylic acid groups (broad SMARTS) is 1. The van der Waals surface area contributed by atoms with Crippen molar-refractivity contribution in [2.75, 3.05) is 7.05 Å². The maximum absolute atomic E-state index is 12.3. The Bertz CT molecular complexity index is 633. The molecule has 5 nitrogen and oxygen atoms in total. The van der Waals surface area contributed by atoms with Crippen LogP contribution in [0.5, 0.6) is 0 Å². The van der Waals surface area contributed by atoms with Gasteiger partial charge >= 0.3 is 5.97 Å². The summed E-state index contributed by atoms with van der Waals surface area (Å²) in [5.74, 6) is -0.495. The van der Waals surface area contributed by atoms with E-state index in [1.54, 1.807) is 48.5 Å². The molecular weight excluding hydrogens is 270 g/mol. The summed E-state index contributed by atoms with van der Waals surface area (Å²) in [6.45, 7) is 1.86. The molecule has 2 rings (SSSR count). The molecule has 1 N–H and O–H groups in total. The van der Waals surface area contributed by atoms with Crippen molar-refractivity contribution in [3.05, 3.63) is 59.5 Å². The van der Waals surface area contributed by atoms with E-state index in [9.17, 15) is 9.59 Å². The van der Waals surface area contributed by atoms with Crippen LogP contribution in [0.1, 0.15) is 34.6 Å². The average Bonchev–Trinajstić information content (AvgIpc) is 3.00. The Balaban J connectivity index is 2.13. The van der Waals surface area contributed by atoms with Crippen molar-refractivity contribution < 1.29 is 19.1 Å². The van der Waals surface area contributed by atoms with Crippen molar-refractivity contribution in [3.8, 4) is 0 Å². The predicted molar refractivity (Wildman–Crippen MR) is 77.0 cm³/mol. The van der Waals surface area contributed by atoms with Gasteiger partial charge in [0.25, 0.3) is 0 Å². The Hall–Kier alpha value is -2.56. The van der Waals surface area contributed by atoms with Gasteiger partial charge in [-0.25, -0.2) is 4.79 Å². The first-order valence-corrected chi connectivity index (χ1v) is 6.61. The molecule has 0 aliphatic heterocycles. The third kappa shape index (κ3) is 3.31. The normalized spacial score (nSPS) is 11.9. The lowest BCUT2D eigenvalue weighted by Crippen LogP contribution is -2.31. The van der Waals surface area contributed by atoms with Crippen molar-refractivity contribution in [1.29, 1.82) is 0 Å². The number of carbonyl (C=O) groups excluding carboxylic acids is 1. The summed E-state index contributed by atoms with van der Waals surface area (Å²) >= 11 is 0. The quantitative estimate of drug-likeness (QED) is 0.918. The Morgan fingerprint density at radius 1 is 1.24 bits per heavy atom. The van der Waals surface area contributed by atoms with E-state index in [0.717, 1.165) is 0 Å². The number of rotatable bonds is 5. The second kappa shape index (κ2) is 6.26. The molecule has 0 spiro atoms. The van der Waals surface area contributed by atoms with Gasteiger partial charge in [0.1, 0.15) is 5.76 Å². The first kappa shape index (κ1) is 14.8. The van der Waals surface area contributed by atoms with Gasteiger partial charge in [0.05, 0.1) is 24.3 Å². The van der Waals surface area contributed by atoms with Crippen LogP contribution < -0.4 is 0 Å². The maximum Gasteiger partial charge on any atom is 0.335 e. The van der Waals surface area contributed by atoms with Crippen LogP contribution in [0.2, 0.25) is 0 Å². The maximum atomic E-state index is 12.3. The second-order valence-electron chi connectivity index (χ2n) is 4.84. The summed E-state index contributed by atoms with van der Waals surface area (Å²) < 4.78 is 5.29. The predicted octanol–water partition coefficient (Wildman–Crippen LogP) is 2.74. The summed E-state index contributed by atoms with van der Waals surface area (Å²) in [5, 5.41) is 9.14. The third-order valence-corrected chi connectivity index (χ3v) is 3.52. The number of furan rings is 1. The van der Waals surface area contributed by atoms with Crippen molar-refractivity contribution in [1.82, 2.24) is 4.90 Å². The Morgan fingerprint density at radius 3 is 2.57 bits per heavy atom. The number of hydrogen-bond donors (Lipinski definition) is 1. The molecule has 0 bridgehead atoms. The monoisotopic (exact) mass is 287 g/mol. The highest BCUT2D eigenvalue weighted by atomic mass is 16.4. The molecule has 0 saturated carbocycles. The fourth-order valence-electron chi connectivity index (χ4n) is 2.11. The highest BCUT2D eigenvalue weighted by Crippen LogP contribution is 2.20. The van der Waals surface area contributed by atoms with Crippen LogP contribution in [0.4, 0.5) is 0 Å². The number of likely N-dealkylation sites (N-methyl/N-ethyl adjacent to an activating group) is 1. The molecule has 110 valence electrons. The minimum Gasteiger partial charge on any atom is -0.478 e. The fraction of sp³-hybridized carbons (Fsp3) is 0.250. The van der Waals surface area contributed by atoms with Crippen LogP contribution >= 0.6 is 0 Å². The SMILES string of the molecule is CC(c1ccco1)N(C)C(=O)Cc1ccccc1C(=O)O. The lowest BCUT2D eigenvalue weighted by atomic mass is 10.0. The van der Waals surface area contributed by atoms with E-state index in [2.05, 4.69) is 0 Å². The van der Waals surface area contributed by atoms with Gasteiger partial charge in [-0.1, -0.05) is 18.2 Å². The lowest BCUT2D eigenvalue weighted by Gasteiger charge is -2.23. The first-order valence-electron chi connectivity index (χ1n) is 6.61. The van der Waals surface area contributed by atoms with Crippen LogP contribution in [0, 0.1) is 0 Å². The van der Waals surface area contributed by atoms with Gasteiger partial charge in [0, 0.05) is 7.05 Å². The molecule has 0 aliphatic carbocycles. The molecule has 1 atom stereocenters. The lowest BCUT2D eigenvalue weighted by molar-refractivity contribution is -0.131. The minimum absolute atomic E-state index is 0.0457. The number of hydrogen-bond acceptors (Lipinski definition) is 3. The summed E-state index contributed by atoms with van der Waals surface area (Å²) in [6.07, 6.45) is 1.61. The molecule has 1 unspecified atom stereocenters. The van der Waals surface area contributed by atoms with E-state index >= 15 is 0 Å². The first-order chi connectivity index (χ1) is 10.0. The molecule has 1 aromatic heterocycles. The van der Waals surface area contributed by atoms with E-state index < -0.39 is 5.97 Å². The summed E-state index contributed by atoms with van der Waals surface area (Å²) in [5.41, 5.74) is 0.665. The van der Waals surface area contributed by atoms with Crippen molar-refractivity contribution >= 4 is 11.9 Å². The summed E-state index contributed by atoms with van der Waals surface area (Å²) in [7, 11) is 1.68. The van der Waals surface area contributed by atoms with Crippen LogP contribution in [-0.2, 0) is 11.2 Å². The van der Waals surface area contributed by atoms with Crippen molar-refractivity contribution in [2.24, 2.45) is 0 Å². The number of benzene rings is 1. The second-order valence-corrected chi connectivity index (χ2v) is 4.84. The minimum atomic E-state index is -1.03. The Labute approximate surface area is 122 Å². The molecule has 1 amide bonds. The molecule has 2 aromatic rings. The van der Waals surface area contributed by atoms with Crippen molar-refractivity contribution in [3.63, 3.8) is 0 Å². The van der Waals surface area contributed by atoms with Crippen LogP contribution in [0.15, 0.2) is 47.1 Å². The number of amides is 1. The highest BCUT2D eigenvalue weighted by Gasteiger charge is 2.21. The van der Waals surface area contributed by atoms with Gasteiger partial charge in [0.2, 0.25) is 5.91 Å². The third-order valence-electron chi connectivity index (χ3n) is 3.52. The number of nitrogens with zero attached hydrogens (tertiary/aromatic N) is 1. The van der Waals surface area contributed by atoms with E-state index in [0.29, 0.717) is 11.3 Å². The number of carbonyl (C=O) groups is 2. The largest absolute Gasteiger partial charge is 0.478 e. The molecular formula is C16H17NO4. The molecule has 1 heterocycles. The molecule has 0 radical (unpaired) electrons. The van der Waals surface area contributed by atoms with Crippen LogP contribution in [0.3, 0.4) is 0 Å². The van der Waals surface area contributed by atoms with Gasteiger partial charge in [-0.05, 0) is 30.7 Å². The Morgan fingerprint density at radius 2 is 1.95 bits per heavy atom. The fourth-order valence-corrected chi connectivity index (χ4v) is 2.11. The van der Waals surface area contributed by atoms with Crippen LogP contribution in [-0.4, -0.2) is 28.9 Å². The Kier molecular flexibility index (Phi) is 4.42. The molecule has 0 saturated heterocycles. The van der Waals surface area contributed by atoms with Crippen molar-refractivity contribution in [2.45, 2.75) is 19.4 Å². The van der Waals surface area contributed by atoms with Gasteiger partial charge in [-0.15, -0.1) is 0 Å². The molecule has 0 aliphatic rings. The molecule has 21 heavy (non-hydrogen) atoms. The zero-order valence-corrected chi connectivity index (χ0v) is 11.9. The zero-order chi connectivity index (χ0) is 15.4. The van der Waals surface area contributed by atoms with Crippen LogP contribution in [0.25, 0.3) is 0 Å². The number of aromatic carboxylic acids is 1. The standard InChI is InChI=1S/C16H17NO4/c1-11(14-8-5-9-21-14)17(2)15(18)10-12-6-3-4-7-13(12)16(19)20/h3-9,11H,10H2,1-2H3,(H,19,20). The topological polar surface area (TPSA) is 70.8 Å². The molecule has 1 aromatic carbocycles. The molecule has 5 heteroatoms. The highest BCUT2D eigenvalue weighted by molar-refractivity contribution is 5.91.